The number of rotatable bonds is 6. The van der Waals surface area contributed by atoms with Crippen LogP contribution in [-0.2, 0) is 9.84 Å². The summed E-state index contributed by atoms with van der Waals surface area (Å²) in [4.78, 5) is 0. The lowest BCUT2D eigenvalue weighted by atomic mass is 10.3. The molecule has 0 aliphatic heterocycles. The molecule has 0 aromatic heterocycles. The third kappa shape index (κ3) is 4.34. The first kappa shape index (κ1) is 14.0. The van der Waals surface area contributed by atoms with Crippen LogP contribution in [0, 0.1) is 5.82 Å². The summed E-state index contributed by atoms with van der Waals surface area (Å²) in [6.45, 7) is 3.92. The Morgan fingerprint density at radius 1 is 1.29 bits per heavy atom. The number of benzene rings is 1. The van der Waals surface area contributed by atoms with Gasteiger partial charge < -0.3 is 5.32 Å². The molecule has 0 aliphatic carbocycles. The number of anilines is 1. The number of hydrogen-bond donors (Lipinski definition) is 1. The van der Waals surface area contributed by atoms with Crippen molar-refractivity contribution < 1.29 is 12.8 Å². The van der Waals surface area contributed by atoms with Crippen molar-refractivity contribution in [2.45, 2.75) is 25.5 Å². The van der Waals surface area contributed by atoms with Gasteiger partial charge in [-0.1, -0.05) is 6.92 Å². The lowest BCUT2D eigenvalue weighted by Gasteiger charge is -2.11. The Labute approximate surface area is 102 Å². The van der Waals surface area contributed by atoms with Crippen molar-refractivity contribution in [2.24, 2.45) is 0 Å². The largest absolute Gasteiger partial charge is 0.384 e. The molecular formula is C12H18FNO2S. The molecule has 0 amide bonds. The molecule has 1 N–H and O–H groups in total. The normalized spacial score (nSPS) is 13.4. The second kappa shape index (κ2) is 6.00. The van der Waals surface area contributed by atoms with Gasteiger partial charge in [0.2, 0.25) is 0 Å². The molecule has 0 heterocycles. The summed E-state index contributed by atoms with van der Waals surface area (Å²) in [5.41, 5.74) is 0.728. The summed E-state index contributed by atoms with van der Waals surface area (Å²) in [7, 11) is -3.03. The van der Waals surface area contributed by atoms with Gasteiger partial charge in [0.15, 0.2) is 9.84 Å². The van der Waals surface area contributed by atoms with E-state index < -0.39 is 9.84 Å². The van der Waals surface area contributed by atoms with Crippen LogP contribution in [0.5, 0.6) is 0 Å². The third-order valence-corrected chi connectivity index (χ3v) is 5.08. The molecule has 96 valence electrons. The Hall–Kier alpha value is -1.10. The fourth-order valence-electron chi connectivity index (χ4n) is 1.36. The van der Waals surface area contributed by atoms with Gasteiger partial charge in [0.05, 0.1) is 11.0 Å². The summed E-state index contributed by atoms with van der Waals surface area (Å²) in [6.07, 6.45) is 0.624. The molecule has 17 heavy (non-hydrogen) atoms. The molecule has 1 aromatic rings. The molecule has 3 nitrogen and oxygen atoms in total. The van der Waals surface area contributed by atoms with E-state index in [1.54, 1.807) is 19.1 Å². The van der Waals surface area contributed by atoms with Gasteiger partial charge in [0.25, 0.3) is 0 Å². The summed E-state index contributed by atoms with van der Waals surface area (Å²) >= 11 is 0. The molecule has 0 saturated heterocycles. The van der Waals surface area contributed by atoms with E-state index in [1.807, 2.05) is 6.92 Å². The Balaban J connectivity index is 2.45. The van der Waals surface area contributed by atoms with E-state index in [0.29, 0.717) is 13.0 Å². The van der Waals surface area contributed by atoms with Crippen molar-refractivity contribution in [1.82, 2.24) is 0 Å². The van der Waals surface area contributed by atoms with Gasteiger partial charge in [0, 0.05) is 12.2 Å². The minimum absolute atomic E-state index is 0.0966. The third-order valence-electron chi connectivity index (χ3n) is 2.75. The summed E-state index contributed by atoms with van der Waals surface area (Å²) < 4.78 is 36.0. The molecule has 0 spiro atoms. The molecular weight excluding hydrogens is 241 g/mol. The van der Waals surface area contributed by atoms with Crippen molar-refractivity contribution in [1.29, 1.82) is 0 Å². The van der Waals surface area contributed by atoms with Crippen molar-refractivity contribution in [2.75, 3.05) is 17.6 Å². The highest BCUT2D eigenvalue weighted by molar-refractivity contribution is 7.92. The second-order valence-corrected chi connectivity index (χ2v) is 6.56. The van der Waals surface area contributed by atoms with Gasteiger partial charge in [0.1, 0.15) is 5.82 Å². The second-order valence-electron chi connectivity index (χ2n) is 4.02. The van der Waals surface area contributed by atoms with Crippen molar-refractivity contribution in [3.05, 3.63) is 30.1 Å². The fraction of sp³-hybridized carbons (Fsp3) is 0.500. The molecule has 0 fully saturated rings. The molecule has 0 radical (unpaired) electrons. The number of nitrogens with one attached hydrogen (secondary N) is 1. The standard InChI is InChI=1S/C12H18FNO2S/c1-3-10(2)17(15,16)9-8-14-12-6-4-11(13)5-7-12/h4-7,10,14H,3,8-9H2,1-2H3. The van der Waals surface area contributed by atoms with E-state index in [2.05, 4.69) is 5.32 Å². The maximum atomic E-state index is 12.6. The highest BCUT2D eigenvalue weighted by Gasteiger charge is 2.17. The van der Waals surface area contributed by atoms with E-state index in [9.17, 15) is 12.8 Å². The average molecular weight is 259 g/mol. The molecule has 1 rings (SSSR count). The van der Waals surface area contributed by atoms with Crippen molar-refractivity contribution in [3.8, 4) is 0 Å². The summed E-state index contributed by atoms with van der Waals surface area (Å²) in [6, 6.07) is 5.85. The predicted octanol–water partition coefficient (Wildman–Crippen LogP) is 2.45. The summed E-state index contributed by atoms with van der Waals surface area (Å²) in [5, 5.41) is 2.65. The van der Waals surface area contributed by atoms with Gasteiger partial charge >= 0.3 is 0 Å². The van der Waals surface area contributed by atoms with Crippen LogP contribution < -0.4 is 5.32 Å². The van der Waals surface area contributed by atoms with E-state index in [4.69, 9.17) is 0 Å². The maximum Gasteiger partial charge on any atom is 0.154 e. The van der Waals surface area contributed by atoms with Crippen LogP contribution in [0.3, 0.4) is 0 Å². The zero-order chi connectivity index (χ0) is 12.9. The highest BCUT2D eigenvalue weighted by atomic mass is 32.2. The SMILES string of the molecule is CCC(C)S(=O)(=O)CCNc1ccc(F)cc1. The quantitative estimate of drug-likeness (QED) is 0.853. The number of sulfone groups is 1. The Bertz CT molecular complexity index is 442. The predicted molar refractivity (Wildman–Crippen MR) is 68.4 cm³/mol. The van der Waals surface area contributed by atoms with Gasteiger partial charge in [-0.3, -0.25) is 0 Å². The van der Waals surface area contributed by atoms with Gasteiger partial charge in [-0.2, -0.15) is 0 Å². The zero-order valence-corrected chi connectivity index (χ0v) is 10.9. The first-order valence-corrected chi connectivity index (χ1v) is 7.38. The average Bonchev–Trinajstić information content (AvgIpc) is 2.30. The molecule has 0 bridgehead atoms. The molecule has 0 saturated carbocycles. The first-order chi connectivity index (χ1) is 7.95. The minimum atomic E-state index is -3.03. The Morgan fingerprint density at radius 2 is 1.88 bits per heavy atom. The van der Waals surface area contributed by atoms with Crippen LogP contribution in [0.25, 0.3) is 0 Å². The van der Waals surface area contributed by atoms with Crippen LogP contribution in [0.2, 0.25) is 0 Å². The summed E-state index contributed by atoms with van der Waals surface area (Å²) in [5.74, 6) is -0.206. The van der Waals surface area contributed by atoms with E-state index >= 15 is 0 Å². The smallest absolute Gasteiger partial charge is 0.154 e. The topological polar surface area (TPSA) is 46.2 Å². The van der Waals surface area contributed by atoms with Gasteiger partial charge in [-0.05, 0) is 37.6 Å². The molecule has 1 unspecified atom stereocenters. The lowest BCUT2D eigenvalue weighted by Crippen LogP contribution is -2.24. The van der Waals surface area contributed by atoms with Crippen molar-refractivity contribution in [3.63, 3.8) is 0 Å². The maximum absolute atomic E-state index is 12.6. The zero-order valence-electron chi connectivity index (χ0n) is 10.1. The van der Waals surface area contributed by atoms with Crippen LogP contribution in [-0.4, -0.2) is 26.0 Å². The lowest BCUT2D eigenvalue weighted by molar-refractivity contribution is 0.581. The van der Waals surface area contributed by atoms with Crippen LogP contribution in [0.4, 0.5) is 10.1 Å². The molecule has 1 atom stereocenters. The van der Waals surface area contributed by atoms with Crippen LogP contribution >= 0.6 is 0 Å². The highest BCUT2D eigenvalue weighted by Crippen LogP contribution is 2.09. The fourth-order valence-corrected chi connectivity index (χ4v) is 2.66. The molecule has 1 aromatic carbocycles. The monoisotopic (exact) mass is 259 g/mol. The number of halogens is 1. The van der Waals surface area contributed by atoms with Crippen molar-refractivity contribution >= 4 is 15.5 Å². The van der Waals surface area contributed by atoms with E-state index in [-0.39, 0.29) is 16.8 Å². The van der Waals surface area contributed by atoms with E-state index in [1.165, 1.54) is 12.1 Å². The number of hydrogen-bond acceptors (Lipinski definition) is 3. The Kier molecular flexibility index (Phi) is 4.93. The van der Waals surface area contributed by atoms with Gasteiger partial charge in [-0.25, -0.2) is 12.8 Å². The minimum Gasteiger partial charge on any atom is -0.384 e. The Morgan fingerprint density at radius 3 is 2.41 bits per heavy atom. The first-order valence-electron chi connectivity index (χ1n) is 5.66. The van der Waals surface area contributed by atoms with E-state index in [0.717, 1.165) is 5.69 Å². The van der Waals surface area contributed by atoms with Crippen LogP contribution in [0.15, 0.2) is 24.3 Å². The molecule has 0 aliphatic rings. The van der Waals surface area contributed by atoms with Gasteiger partial charge in [-0.15, -0.1) is 0 Å². The van der Waals surface area contributed by atoms with Crippen LogP contribution in [0.1, 0.15) is 20.3 Å². The molecule has 5 heteroatoms.